The summed E-state index contributed by atoms with van der Waals surface area (Å²) < 4.78 is 5.28. The maximum Gasteiger partial charge on any atom is 0.121 e. The molecule has 1 aliphatic carbocycles. The highest BCUT2D eigenvalue weighted by molar-refractivity contribution is 5.62. The quantitative estimate of drug-likeness (QED) is 0.831. The van der Waals surface area contributed by atoms with Crippen molar-refractivity contribution in [2.24, 2.45) is 5.92 Å². The van der Waals surface area contributed by atoms with E-state index in [1.807, 2.05) is 18.2 Å². The molecule has 1 fully saturated rings. The minimum Gasteiger partial charge on any atom is -0.497 e. The summed E-state index contributed by atoms with van der Waals surface area (Å²) in [6.07, 6.45) is 5.02. The van der Waals surface area contributed by atoms with E-state index in [9.17, 15) is 5.26 Å². The number of rotatable bonds is 3. The zero-order valence-corrected chi connectivity index (χ0v) is 12.0. The van der Waals surface area contributed by atoms with Crippen LogP contribution in [0.2, 0.25) is 0 Å². The number of anilines is 1. The maximum absolute atomic E-state index is 9.26. The van der Waals surface area contributed by atoms with Gasteiger partial charge in [-0.1, -0.05) is 19.8 Å². The number of nitrogens with zero attached hydrogens (tertiary/aromatic N) is 2. The smallest absolute Gasteiger partial charge is 0.121 e. The van der Waals surface area contributed by atoms with Gasteiger partial charge in [-0.3, -0.25) is 0 Å². The Bertz CT molecular complexity index is 478. The van der Waals surface area contributed by atoms with Crippen molar-refractivity contribution in [3.8, 4) is 11.8 Å². The minimum absolute atomic E-state index is 0.531. The summed E-state index contributed by atoms with van der Waals surface area (Å²) in [4.78, 5) is 2.26. The van der Waals surface area contributed by atoms with Crippen LogP contribution < -0.4 is 9.64 Å². The molecule has 3 nitrogen and oxygen atoms in total. The van der Waals surface area contributed by atoms with Gasteiger partial charge in [-0.15, -0.1) is 0 Å². The summed E-state index contributed by atoms with van der Waals surface area (Å²) in [6, 6.07) is 8.47. The molecule has 0 heterocycles. The number of nitriles is 1. The minimum atomic E-state index is 0.531. The molecule has 0 aliphatic heterocycles. The fourth-order valence-corrected chi connectivity index (χ4v) is 2.98. The molecule has 0 spiro atoms. The van der Waals surface area contributed by atoms with Gasteiger partial charge in [-0.25, -0.2) is 0 Å². The predicted octanol–water partition coefficient (Wildman–Crippen LogP) is 3.58. The van der Waals surface area contributed by atoms with Crippen molar-refractivity contribution in [1.82, 2.24) is 0 Å². The lowest BCUT2D eigenvalue weighted by molar-refractivity contribution is 0.336. The molecular formula is C16H22N2O. The van der Waals surface area contributed by atoms with Gasteiger partial charge in [0.05, 0.1) is 18.4 Å². The van der Waals surface area contributed by atoms with Crippen molar-refractivity contribution >= 4 is 5.69 Å². The summed E-state index contributed by atoms with van der Waals surface area (Å²) in [5.74, 6) is 1.59. The van der Waals surface area contributed by atoms with E-state index in [-0.39, 0.29) is 0 Å². The van der Waals surface area contributed by atoms with Crippen LogP contribution >= 0.6 is 0 Å². The molecule has 0 aromatic heterocycles. The normalized spacial score (nSPS) is 22.6. The number of benzene rings is 1. The Morgan fingerprint density at radius 2 is 2.16 bits per heavy atom. The number of hydrogen-bond acceptors (Lipinski definition) is 3. The Morgan fingerprint density at radius 1 is 1.37 bits per heavy atom. The molecule has 102 valence electrons. The average molecular weight is 258 g/mol. The molecule has 3 heteroatoms. The molecule has 0 N–H and O–H groups in total. The Balaban J connectivity index is 2.26. The molecule has 0 saturated heterocycles. The van der Waals surface area contributed by atoms with Crippen molar-refractivity contribution in [1.29, 1.82) is 5.26 Å². The highest BCUT2D eigenvalue weighted by Gasteiger charge is 2.24. The van der Waals surface area contributed by atoms with Gasteiger partial charge < -0.3 is 9.64 Å². The van der Waals surface area contributed by atoms with Crippen LogP contribution in [-0.4, -0.2) is 20.2 Å². The monoisotopic (exact) mass is 258 g/mol. The molecular weight excluding hydrogens is 236 g/mol. The Kier molecular flexibility index (Phi) is 4.31. The summed E-state index contributed by atoms with van der Waals surface area (Å²) in [5, 5.41) is 9.26. The van der Waals surface area contributed by atoms with Gasteiger partial charge in [-0.05, 0) is 30.9 Å². The van der Waals surface area contributed by atoms with E-state index in [2.05, 4.69) is 24.9 Å². The van der Waals surface area contributed by atoms with E-state index in [1.54, 1.807) is 7.11 Å². The lowest BCUT2D eigenvalue weighted by Crippen LogP contribution is -2.36. The molecule has 0 radical (unpaired) electrons. The molecule has 2 rings (SSSR count). The van der Waals surface area contributed by atoms with Crippen LogP contribution in [0.4, 0.5) is 5.69 Å². The van der Waals surface area contributed by atoms with Gasteiger partial charge in [0, 0.05) is 19.2 Å². The summed E-state index contributed by atoms with van der Waals surface area (Å²) in [5.41, 5.74) is 1.71. The number of methoxy groups -OCH3 is 1. The third-order valence-corrected chi connectivity index (χ3v) is 4.16. The molecule has 1 aliphatic rings. The van der Waals surface area contributed by atoms with Crippen LogP contribution in [0.1, 0.15) is 38.2 Å². The van der Waals surface area contributed by atoms with Crippen LogP contribution in [-0.2, 0) is 0 Å². The van der Waals surface area contributed by atoms with E-state index < -0.39 is 0 Å². The second-order valence-electron chi connectivity index (χ2n) is 5.53. The highest BCUT2D eigenvalue weighted by Crippen LogP contribution is 2.32. The van der Waals surface area contributed by atoms with E-state index in [0.717, 1.165) is 22.9 Å². The van der Waals surface area contributed by atoms with Gasteiger partial charge in [0.15, 0.2) is 0 Å². The Hall–Kier alpha value is -1.69. The standard InChI is InChI=1S/C16H22N2O/c1-12-5-4-6-14(9-12)18(2)16-10-15(19-3)8-7-13(16)11-17/h7-8,10,12,14H,4-6,9H2,1-3H3. The second kappa shape index (κ2) is 5.97. The molecule has 19 heavy (non-hydrogen) atoms. The molecule has 2 atom stereocenters. The number of ether oxygens (including phenoxy) is 1. The molecule has 0 bridgehead atoms. The van der Waals surface area contributed by atoms with Gasteiger partial charge in [0.25, 0.3) is 0 Å². The van der Waals surface area contributed by atoms with E-state index >= 15 is 0 Å². The first kappa shape index (κ1) is 13.7. The third kappa shape index (κ3) is 3.01. The summed E-state index contributed by atoms with van der Waals surface area (Å²) >= 11 is 0. The molecule has 1 aromatic carbocycles. The van der Waals surface area contributed by atoms with Crippen LogP contribution in [0.15, 0.2) is 18.2 Å². The lowest BCUT2D eigenvalue weighted by atomic mass is 9.86. The zero-order chi connectivity index (χ0) is 13.8. The van der Waals surface area contributed by atoms with Gasteiger partial charge in [0.2, 0.25) is 0 Å². The van der Waals surface area contributed by atoms with Crippen molar-refractivity contribution in [2.45, 2.75) is 38.6 Å². The highest BCUT2D eigenvalue weighted by atomic mass is 16.5. The molecule has 0 amide bonds. The maximum atomic E-state index is 9.26. The van der Waals surface area contributed by atoms with Crippen LogP contribution in [0.25, 0.3) is 0 Å². The Morgan fingerprint density at radius 3 is 2.79 bits per heavy atom. The van der Waals surface area contributed by atoms with Crippen molar-refractivity contribution < 1.29 is 4.74 Å². The van der Waals surface area contributed by atoms with Crippen molar-refractivity contribution in [3.63, 3.8) is 0 Å². The first-order valence-corrected chi connectivity index (χ1v) is 6.96. The van der Waals surface area contributed by atoms with Crippen LogP contribution in [0, 0.1) is 17.2 Å². The molecule has 1 saturated carbocycles. The van der Waals surface area contributed by atoms with E-state index in [1.165, 1.54) is 25.7 Å². The Labute approximate surface area is 115 Å². The van der Waals surface area contributed by atoms with Gasteiger partial charge in [0.1, 0.15) is 11.8 Å². The predicted molar refractivity (Wildman–Crippen MR) is 77.5 cm³/mol. The van der Waals surface area contributed by atoms with Crippen molar-refractivity contribution in [2.75, 3.05) is 19.1 Å². The van der Waals surface area contributed by atoms with Crippen molar-refractivity contribution in [3.05, 3.63) is 23.8 Å². The topological polar surface area (TPSA) is 36.3 Å². The number of hydrogen-bond donors (Lipinski definition) is 0. The fourth-order valence-electron chi connectivity index (χ4n) is 2.98. The van der Waals surface area contributed by atoms with Crippen LogP contribution in [0.3, 0.4) is 0 Å². The van der Waals surface area contributed by atoms with Crippen LogP contribution in [0.5, 0.6) is 5.75 Å². The van der Waals surface area contributed by atoms with Gasteiger partial charge in [-0.2, -0.15) is 5.26 Å². The summed E-state index contributed by atoms with van der Waals surface area (Å²) in [6.45, 7) is 2.32. The van der Waals surface area contributed by atoms with Gasteiger partial charge >= 0.3 is 0 Å². The average Bonchev–Trinajstić information content (AvgIpc) is 2.45. The van der Waals surface area contributed by atoms with E-state index in [0.29, 0.717) is 6.04 Å². The molecule has 2 unspecified atom stereocenters. The SMILES string of the molecule is COc1ccc(C#N)c(N(C)C2CCCC(C)C2)c1. The zero-order valence-electron chi connectivity index (χ0n) is 12.0. The molecule has 1 aromatic rings. The summed E-state index contributed by atoms with van der Waals surface area (Å²) in [7, 11) is 3.76. The lowest BCUT2D eigenvalue weighted by Gasteiger charge is -2.36. The third-order valence-electron chi connectivity index (χ3n) is 4.16. The second-order valence-corrected chi connectivity index (χ2v) is 5.53. The first-order chi connectivity index (χ1) is 9.15. The van der Waals surface area contributed by atoms with E-state index in [4.69, 9.17) is 4.74 Å². The fraction of sp³-hybridized carbons (Fsp3) is 0.562. The first-order valence-electron chi connectivity index (χ1n) is 6.96. The largest absolute Gasteiger partial charge is 0.497 e.